The summed E-state index contributed by atoms with van der Waals surface area (Å²) in [4.78, 5) is 0. The molecule has 1 unspecified atom stereocenters. The molecule has 0 aliphatic rings. The smallest absolute Gasteiger partial charge is 0.0320 e. The Labute approximate surface area is 57.5 Å². The van der Waals surface area contributed by atoms with E-state index in [1.165, 1.54) is 5.57 Å². The van der Waals surface area contributed by atoms with Crippen LogP contribution in [0.3, 0.4) is 0 Å². The van der Waals surface area contributed by atoms with Crippen molar-refractivity contribution in [3.63, 3.8) is 0 Å². The topological polar surface area (TPSA) is 12.0 Å². The minimum atomic E-state index is 0.446. The van der Waals surface area contributed by atoms with E-state index in [2.05, 4.69) is 24.9 Å². The fourth-order valence-electron chi connectivity index (χ4n) is 0.569. The molecule has 0 aromatic heterocycles. The lowest BCUT2D eigenvalue weighted by molar-refractivity contribution is 0.693. The van der Waals surface area contributed by atoms with Crippen molar-refractivity contribution in [2.75, 3.05) is 7.05 Å². The normalized spacial score (nSPS) is 12.0. The van der Waals surface area contributed by atoms with Gasteiger partial charge < -0.3 is 5.32 Å². The Kier molecular flexibility index (Phi) is 4.12. The molecule has 0 saturated heterocycles. The van der Waals surface area contributed by atoms with Gasteiger partial charge in [-0.2, -0.15) is 0 Å². The van der Waals surface area contributed by atoms with Gasteiger partial charge in [0.2, 0.25) is 0 Å². The second-order valence-corrected chi connectivity index (χ2v) is 2.13. The van der Waals surface area contributed by atoms with Crippen molar-refractivity contribution in [1.29, 1.82) is 0 Å². The third-order valence-electron chi connectivity index (χ3n) is 1.45. The van der Waals surface area contributed by atoms with Crippen LogP contribution in [0.4, 0.5) is 0 Å². The summed E-state index contributed by atoms with van der Waals surface area (Å²) in [5.74, 6) is 0. The average molecular weight is 125 g/mol. The number of nitrogens with one attached hydrogen (secondary N) is 1. The Morgan fingerprint density at radius 2 is 2.22 bits per heavy atom. The van der Waals surface area contributed by atoms with E-state index in [0.717, 1.165) is 0 Å². The molecule has 0 fully saturated rings. The molecule has 0 aliphatic heterocycles. The van der Waals surface area contributed by atoms with Gasteiger partial charge in [0.15, 0.2) is 0 Å². The maximum Gasteiger partial charge on any atom is 0.0320 e. The summed E-state index contributed by atoms with van der Waals surface area (Å²) in [5.41, 5.74) is 4.38. The van der Waals surface area contributed by atoms with E-state index in [1.807, 2.05) is 20.0 Å². The Morgan fingerprint density at radius 3 is 2.56 bits per heavy atom. The summed E-state index contributed by atoms with van der Waals surface area (Å²) >= 11 is 0. The van der Waals surface area contributed by atoms with E-state index in [0.29, 0.717) is 6.04 Å². The van der Waals surface area contributed by atoms with Crippen molar-refractivity contribution in [3.8, 4) is 0 Å². The van der Waals surface area contributed by atoms with E-state index >= 15 is 0 Å². The molecule has 0 spiro atoms. The molecular formula is C8H15N. The molecular weight excluding hydrogens is 110 g/mol. The largest absolute Gasteiger partial charge is 0.313 e. The van der Waals surface area contributed by atoms with Crippen LogP contribution in [0.5, 0.6) is 0 Å². The highest BCUT2D eigenvalue weighted by molar-refractivity contribution is 5.04. The molecule has 0 rings (SSSR count). The zero-order valence-corrected chi connectivity index (χ0v) is 6.65. The van der Waals surface area contributed by atoms with Crippen LogP contribution in [0.15, 0.2) is 17.4 Å². The SMILES string of the molecule is CC=C=C(C)C(C)NC. The van der Waals surface area contributed by atoms with Gasteiger partial charge in [-0.3, -0.25) is 0 Å². The molecule has 1 atom stereocenters. The van der Waals surface area contributed by atoms with Crippen LogP contribution < -0.4 is 5.32 Å². The Bertz CT molecular complexity index is 130. The van der Waals surface area contributed by atoms with Crippen LogP contribution in [0.2, 0.25) is 0 Å². The first kappa shape index (κ1) is 8.48. The third-order valence-corrected chi connectivity index (χ3v) is 1.45. The lowest BCUT2D eigenvalue weighted by Gasteiger charge is -2.06. The van der Waals surface area contributed by atoms with Gasteiger partial charge in [0.05, 0.1) is 0 Å². The Balaban J connectivity index is 4.02. The molecule has 1 heteroatoms. The maximum absolute atomic E-state index is 3.13. The minimum Gasteiger partial charge on any atom is -0.313 e. The van der Waals surface area contributed by atoms with Crippen LogP contribution in [0.1, 0.15) is 20.8 Å². The molecule has 0 heterocycles. The van der Waals surface area contributed by atoms with Gasteiger partial charge in [-0.1, -0.05) is 0 Å². The van der Waals surface area contributed by atoms with Crippen LogP contribution in [-0.2, 0) is 0 Å². The van der Waals surface area contributed by atoms with E-state index in [-0.39, 0.29) is 0 Å². The molecule has 0 amide bonds. The highest BCUT2D eigenvalue weighted by Crippen LogP contribution is 1.95. The molecule has 0 aromatic carbocycles. The lowest BCUT2D eigenvalue weighted by atomic mass is 10.2. The number of hydrogen-bond donors (Lipinski definition) is 1. The number of likely N-dealkylation sites (N-methyl/N-ethyl adjacent to an activating group) is 1. The average Bonchev–Trinajstić information content (AvgIpc) is 1.87. The molecule has 1 N–H and O–H groups in total. The second kappa shape index (κ2) is 4.37. The summed E-state index contributed by atoms with van der Waals surface area (Å²) in [6.07, 6.45) is 1.93. The molecule has 9 heavy (non-hydrogen) atoms. The van der Waals surface area contributed by atoms with E-state index in [9.17, 15) is 0 Å². The number of hydrogen-bond acceptors (Lipinski definition) is 1. The molecule has 0 radical (unpaired) electrons. The standard InChI is InChI=1S/C8H15N/c1-5-6-7(2)8(3)9-4/h5,8-9H,1-4H3. The summed E-state index contributed by atoms with van der Waals surface area (Å²) in [6.45, 7) is 6.17. The Morgan fingerprint density at radius 1 is 1.67 bits per heavy atom. The molecule has 0 saturated carbocycles. The first-order valence-electron chi connectivity index (χ1n) is 3.27. The Hall–Kier alpha value is -0.520. The maximum atomic E-state index is 3.13. The van der Waals surface area contributed by atoms with Gasteiger partial charge >= 0.3 is 0 Å². The second-order valence-electron chi connectivity index (χ2n) is 2.13. The van der Waals surface area contributed by atoms with Crippen LogP contribution >= 0.6 is 0 Å². The number of rotatable bonds is 2. The zero-order chi connectivity index (χ0) is 7.28. The van der Waals surface area contributed by atoms with Gasteiger partial charge in [0, 0.05) is 6.04 Å². The van der Waals surface area contributed by atoms with Crippen molar-refractivity contribution in [3.05, 3.63) is 17.4 Å². The van der Waals surface area contributed by atoms with Gasteiger partial charge in [-0.25, -0.2) is 0 Å². The summed E-state index contributed by atoms with van der Waals surface area (Å²) in [7, 11) is 1.95. The molecule has 0 aromatic rings. The van der Waals surface area contributed by atoms with E-state index in [1.54, 1.807) is 0 Å². The third kappa shape index (κ3) is 3.12. The highest BCUT2D eigenvalue weighted by atomic mass is 14.8. The van der Waals surface area contributed by atoms with Crippen molar-refractivity contribution in [2.45, 2.75) is 26.8 Å². The summed E-state index contributed by atoms with van der Waals surface area (Å²) < 4.78 is 0. The van der Waals surface area contributed by atoms with Crippen LogP contribution in [0, 0.1) is 0 Å². The zero-order valence-electron chi connectivity index (χ0n) is 6.65. The predicted molar refractivity (Wildman–Crippen MR) is 41.5 cm³/mol. The van der Waals surface area contributed by atoms with Crippen LogP contribution in [0.25, 0.3) is 0 Å². The van der Waals surface area contributed by atoms with Crippen molar-refractivity contribution in [1.82, 2.24) is 5.32 Å². The van der Waals surface area contributed by atoms with E-state index in [4.69, 9.17) is 0 Å². The highest BCUT2D eigenvalue weighted by Gasteiger charge is 1.96. The fourth-order valence-corrected chi connectivity index (χ4v) is 0.569. The molecule has 52 valence electrons. The predicted octanol–water partition coefficient (Wildman–Crippen LogP) is 1.72. The first-order valence-corrected chi connectivity index (χ1v) is 3.27. The molecule has 0 aliphatic carbocycles. The molecule has 1 nitrogen and oxygen atoms in total. The minimum absolute atomic E-state index is 0.446. The fraction of sp³-hybridized carbons (Fsp3) is 0.625. The summed E-state index contributed by atoms with van der Waals surface area (Å²) in [6, 6.07) is 0.446. The van der Waals surface area contributed by atoms with Gasteiger partial charge in [-0.05, 0) is 39.5 Å². The van der Waals surface area contributed by atoms with E-state index < -0.39 is 0 Å². The quantitative estimate of drug-likeness (QED) is 0.554. The lowest BCUT2D eigenvalue weighted by Crippen LogP contribution is -2.21. The summed E-state index contributed by atoms with van der Waals surface area (Å²) in [5, 5.41) is 3.13. The monoisotopic (exact) mass is 125 g/mol. The van der Waals surface area contributed by atoms with Gasteiger partial charge in [0.25, 0.3) is 0 Å². The van der Waals surface area contributed by atoms with Crippen molar-refractivity contribution in [2.24, 2.45) is 0 Å². The molecule has 0 bridgehead atoms. The van der Waals surface area contributed by atoms with Crippen LogP contribution in [-0.4, -0.2) is 13.1 Å². The van der Waals surface area contributed by atoms with Gasteiger partial charge in [-0.15, -0.1) is 5.73 Å². The van der Waals surface area contributed by atoms with Gasteiger partial charge in [0.1, 0.15) is 0 Å². The van der Waals surface area contributed by atoms with Crippen molar-refractivity contribution < 1.29 is 0 Å². The van der Waals surface area contributed by atoms with Crippen molar-refractivity contribution >= 4 is 0 Å². The first-order chi connectivity index (χ1) is 4.22.